The predicted octanol–water partition coefficient (Wildman–Crippen LogP) is 2.34. The molecule has 24 heavy (non-hydrogen) atoms. The molecule has 2 unspecified atom stereocenters. The van der Waals surface area contributed by atoms with Gasteiger partial charge in [-0.3, -0.25) is 9.48 Å². The maximum atomic E-state index is 12.9. The number of hydrogen-bond acceptors (Lipinski definition) is 3. The van der Waals surface area contributed by atoms with Gasteiger partial charge in [0.2, 0.25) is 0 Å². The lowest BCUT2D eigenvalue weighted by molar-refractivity contribution is 0.0761. The van der Waals surface area contributed by atoms with E-state index >= 15 is 0 Å². The van der Waals surface area contributed by atoms with Crippen molar-refractivity contribution in [3.8, 4) is 0 Å². The highest BCUT2D eigenvalue weighted by atomic mass is 16.3. The summed E-state index contributed by atoms with van der Waals surface area (Å²) in [5, 5.41) is 14.2. The number of hydrogen-bond donors (Lipinski definition) is 1. The first-order chi connectivity index (χ1) is 11.6. The van der Waals surface area contributed by atoms with Crippen LogP contribution >= 0.6 is 0 Å². The minimum Gasteiger partial charge on any atom is -0.393 e. The van der Waals surface area contributed by atoms with Crippen LogP contribution in [0.2, 0.25) is 0 Å². The maximum absolute atomic E-state index is 12.9. The minimum absolute atomic E-state index is 0.0364. The van der Waals surface area contributed by atoms with E-state index in [1.807, 2.05) is 27.8 Å². The highest BCUT2D eigenvalue weighted by Crippen LogP contribution is 2.23. The molecule has 5 heteroatoms. The maximum Gasteiger partial charge on any atom is 0.257 e. The highest BCUT2D eigenvalue weighted by molar-refractivity contribution is 5.95. The molecule has 1 saturated heterocycles. The van der Waals surface area contributed by atoms with Gasteiger partial charge in [0.15, 0.2) is 0 Å². The van der Waals surface area contributed by atoms with Crippen molar-refractivity contribution >= 4 is 5.91 Å². The summed E-state index contributed by atoms with van der Waals surface area (Å²) in [6, 6.07) is 10.1. The Bertz CT molecular complexity index is 694. The molecule has 2 heterocycles. The van der Waals surface area contributed by atoms with Gasteiger partial charge in [-0.05, 0) is 25.3 Å². The van der Waals surface area contributed by atoms with Crippen molar-refractivity contribution in [3.63, 3.8) is 0 Å². The molecule has 0 radical (unpaired) electrons. The van der Waals surface area contributed by atoms with Crippen LogP contribution in [0, 0.1) is 5.92 Å². The van der Waals surface area contributed by atoms with Crippen molar-refractivity contribution in [3.05, 3.63) is 53.3 Å². The predicted molar refractivity (Wildman–Crippen MR) is 92.8 cm³/mol. The molecule has 5 nitrogen and oxygen atoms in total. The van der Waals surface area contributed by atoms with Crippen LogP contribution < -0.4 is 0 Å². The molecule has 2 atom stereocenters. The van der Waals surface area contributed by atoms with E-state index < -0.39 is 0 Å². The van der Waals surface area contributed by atoms with Crippen molar-refractivity contribution in [1.29, 1.82) is 0 Å². The van der Waals surface area contributed by atoms with Crippen molar-refractivity contribution in [2.24, 2.45) is 5.92 Å². The average molecular weight is 327 g/mol. The summed E-state index contributed by atoms with van der Waals surface area (Å²) in [6.45, 7) is 5.87. The molecular formula is C19H25N3O2. The Hall–Kier alpha value is -2.14. The van der Waals surface area contributed by atoms with Gasteiger partial charge < -0.3 is 10.0 Å². The fourth-order valence-corrected chi connectivity index (χ4v) is 3.39. The number of rotatable bonds is 5. The molecule has 0 aliphatic carbocycles. The first-order valence-electron chi connectivity index (χ1n) is 8.66. The Balaban J connectivity index is 1.78. The summed E-state index contributed by atoms with van der Waals surface area (Å²) >= 11 is 0. The molecule has 1 fully saturated rings. The number of nitrogens with zero attached hydrogens (tertiary/aromatic N) is 3. The lowest BCUT2D eigenvalue weighted by Crippen LogP contribution is -2.31. The molecule has 1 aliphatic heterocycles. The van der Waals surface area contributed by atoms with Crippen LogP contribution in [0.5, 0.6) is 0 Å². The monoisotopic (exact) mass is 327 g/mol. The van der Waals surface area contributed by atoms with Gasteiger partial charge in [0.1, 0.15) is 0 Å². The van der Waals surface area contributed by atoms with E-state index in [2.05, 4.69) is 24.2 Å². The van der Waals surface area contributed by atoms with E-state index in [9.17, 15) is 9.90 Å². The Labute approximate surface area is 142 Å². The van der Waals surface area contributed by atoms with Gasteiger partial charge in [0.05, 0.1) is 30.1 Å². The largest absolute Gasteiger partial charge is 0.393 e. The molecule has 2 aromatic rings. The highest BCUT2D eigenvalue weighted by Gasteiger charge is 2.31. The summed E-state index contributed by atoms with van der Waals surface area (Å²) in [5.74, 6) is 0.215. The Kier molecular flexibility index (Phi) is 5.00. The van der Waals surface area contributed by atoms with Crippen molar-refractivity contribution < 1.29 is 9.90 Å². The van der Waals surface area contributed by atoms with E-state index in [0.717, 1.165) is 18.5 Å². The third kappa shape index (κ3) is 3.36. The zero-order valence-electron chi connectivity index (χ0n) is 14.4. The van der Waals surface area contributed by atoms with Gasteiger partial charge in [-0.25, -0.2) is 0 Å². The summed E-state index contributed by atoms with van der Waals surface area (Å²) < 4.78 is 1.92. The summed E-state index contributed by atoms with van der Waals surface area (Å²) in [4.78, 5) is 14.7. The fraction of sp³-hybridized carbons (Fsp3) is 0.474. The number of likely N-dealkylation sites (tertiary alicyclic amines) is 1. The molecule has 1 amide bonds. The Morgan fingerprint density at radius 3 is 2.75 bits per heavy atom. The number of amides is 1. The standard InChI is InChI=1S/C19H25N3O2/c1-3-18-17(19(24)21-10-9-16(13-21)14(2)23)11-20-22(18)12-15-7-5-4-6-8-15/h4-8,11,14,16,23H,3,9-10,12-13H2,1-2H3. The third-order valence-corrected chi connectivity index (χ3v) is 4.88. The van der Waals surface area contributed by atoms with Gasteiger partial charge in [0, 0.05) is 19.0 Å². The van der Waals surface area contributed by atoms with E-state index in [1.54, 1.807) is 13.1 Å². The topological polar surface area (TPSA) is 58.4 Å². The molecule has 0 bridgehead atoms. The minimum atomic E-state index is -0.366. The van der Waals surface area contributed by atoms with Gasteiger partial charge in [-0.15, -0.1) is 0 Å². The van der Waals surface area contributed by atoms with E-state index in [0.29, 0.717) is 25.2 Å². The normalized spacial score (nSPS) is 18.8. The molecule has 1 N–H and O–H groups in total. The van der Waals surface area contributed by atoms with E-state index in [1.165, 1.54) is 5.56 Å². The van der Waals surface area contributed by atoms with Crippen molar-refractivity contribution in [2.75, 3.05) is 13.1 Å². The molecule has 128 valence electrons. The second-order valence-corrected chi connectivity index (χ2v) is 6.54. The van der Waals surface area contributed by atoms with Crippen LogP contribution in [0.3, 0.4) is 0 Å². The molecular weight excluding hydrogens is 302 g/mol. The van der Waals surface area contributed by atoms with Crippen LogP contribution in [0.25, 0.3) is 0 Å². The number of aliphatic hydroxyl groups is 1. The van der Waals surface area contributed by atoms with Crippen molar-refractivity contribution in [2.45, 2.75) is 39.3 Å². The van der Waals surface area contributed by atoms with Gasteiger partial charge >= 0.3 is 0 Å². The first-order valence-corrected chi connectivity index (χ1v) is 8.66. The first kappa shape index (κ1) is 16.7. The molecule has 1 aliphatic rings. The van der Waals surface area contributed by atoms with E-state index in [4.69, 9.17) is 0 Å². The van der Waals surface area contributed by atoms with Crippen LogP contribution in [-0.2, 0) is 13.0 Å². The molecule has 1 aromatic heterocycles. The van der Waals surface area contributed by atoms with E-state index in [-0.39, 0.29) is 17.9 Å². The zero-order valence-corrected chi connectivity index (χ0v) is 14.4. The summed E-state index contributed by atoms with van der Waals surface area (Å²) in [7, 11) is 0. The second kappa shape index (κ2) is 7.18. The number of aliphatic hydroxyl groups excluding tert-OH is 1. The SMILES string of the molecule is CCc1c(C(=O)N2CCC(C(C)O)C2)cnn1Cc1ccccc1. The second-order valence-electron chi connectivity index (χ2n) is 6.54. The smallest absolute Gasteiger partial charge is 0.257 e. The quantitative estimate of drug-likeness (QED) is 0.917. The molecule has 1 aromatic carbocycles. The third-order valence-electron chi connectivity index (χ3n) is 4.88. The lowest BCUT2D eigenvalue weighted by Gasteiger charge is -2.18. The Morgan fingerprint density at radius 2 is 2.12 bits per heavy atom. The van der Waals surface area contributed by atoms with Gasteiger partial charge in [0.25, 0.3) is 5.91 Å². The lowest BCUT2D eigenvalue weighted by atomic mass is 10.0. The molecule has 0 spiro atoms. The average Bonchev–Trinajstić information content (AvgIpc) is 3.22. The van der Waals surface area contributed by atoms with Crippen LogP contribution in [-0.4, -0.2) is 44.9 Å². The number of benzene rings is 1. The van der Waals surface area contributed by atoms with Gasteiger partial charge in [-0.1, -0.05) is 37.3 Å². The van der Waals surface area contributed by atoms with Crippen LogP contribution in [0.15, 0.2) is 36.5 Å². The van der Waals surface area contributed by atoms with Crippen LogP contribution in [0.1, 0.15) is 41.9 Å². The number of aromatic nitrogens is 2. The molecule has 3 rings (SSSR count). The van der Waals surface area contributed by atoms with Crippen molar-refractivity contribution in [1.82, 2.24) is 14.7 Å². The zero-order chi connectivity index (χ0) is 17.1. The Morgan fingerprint density at radius 1 is 1.38 bits per heavy atom. The summed E-state index contributed by atoms with van der Waals surface area (Å²) in [5.41, 5.74) is 2.84. The molecule has 0 saturated carbocycles. The summed E-state index contributed by atoms with van der Waals surface area (Å²) in [6.07, 6.45) is 2.96. The number of carbonyl (C=O) groups is 1. The van der Waals surface area contributed by atoms with Crippen LogP contribution in [0.4, 0.5) is 0 Å². The fourth-order valence-electron chi connectivity index (χ4n) is 3.39. The van der Waals surface area contributed by atoms with Gasteiger partial charge in [-0.2, -0.15) is 5.10 Å². The number of carbonyl (C=O) groups excluding carboxylic acids is 1.